The van der Waals surface area contributed by atoms with E-state index in [1.54, 1.807) is 11.3 Å². The van der Waals surface area contributed by atoms with Crippen LogP contribution in [0.25, 0.3) is 10.2 Å². The van der Waals surface area contributed by atoms with Gasteiger partial charge in [0.15, 0.2) is 0 Å². The average Bonchev–Trinajstić information content (AvgIpc) is 3.21. The van der Waals surface area contributed by atoms with E-state index in [1.807, 2.05) is 6.92 Å². The smallest absolute Gasteiger partial charge is 0.239 e. The third-order valence-corrected chi connectivity index (χ3v) is 6.08. The SMILES string of the molecule is Cc1nc(NCC(=O)NCCCCN2CCCC2)c2c(C)c(C)sc2n1. The number of likely N-dealkylation sites (tertiary alicyclic amines) is 1. The number of unbranched alkanes of at least 4 members (excludes halogenated alkanes) is 1. The molecule has 0 atom stereocenters. The number of carbonyl (C=O) groups excluding carboxylic acids is 1. The first-order valence-electron chi connectivity index (χ1n) is 9.52. The van der Waals surface area contributed by atoms with E-state index in [0.29, 0.717) is 0 Å². The molecule has 0 spiro atoms. The molecule has 0 unspecified atom stereocenters. The Hall–Kier alpha value is -1.73. The molecular weight excluding hydrogens is 346 g/mol. The molecule has 2 aromatic heterocycles. The highest BCUT2D eigenvalue weighted by atomic mass is 32.1. The molecule has 6 nitrogen and oxygen atoms in total. The van der Waals surface area contributed by atoms with Crippen LogP contribution in [0.2, 0.25) is 0 Å². The molecule has 0 saturated carbocycles. The fraction of sp³-hybridized carbons (Fsp3) is 0.632. The molecule has 3 rings (SSSR count). The van der Waals surface area contributed by atoms with Crippen molar-refractivity contribution in [3.63, 3.8) is 0 Å². The van der Waals surface area contributed by atoms with Gasteiger partial charge in [-0.1, -0.05) is 0 Å². The van der Waals surface area contributed by atoms with Crippen molar-refractivity contribution in [1.82, 2.24) is 20.2 Å². The van der Waals surface area contributed by atoms with E-state index in [9.17, 15) is 4.79 Å². The number of hydrogen-bond donors (Lipinski definition) is 2. The molecule has 3 heterocycles. The highest BCUT2D eigenvalue weighted by Gasteiger charge is 2.14. The molecule has 142 valence electrons. The maximum atomic E-state index is 12.1. The number of fused-ring (bicyclic) bond motifs is 1. The minimum absolute atomic E-state index is 0.0141. The summed E-state index contributed by atoms with van der Waals surface area (Å²) in [6.07, 6.45) is 4.84. The third-order valence-electron chi connectivity index (χ3n) is 4.98. The molecule has 1 aliphatic rings. The molecule has 0 aromatic carbocycles. The Kier molecular flexibility index (Phi) is 6.43. The number of rotatable bonds is 8. The number of carbonyl (C=O) groups is 1. The summed E-state index contributed by atoms with van der Waals surface area (Å²) >= 11 is 1.68. The summed E-state index contributed by atoms with van der Waals surface area (Å²) in [5, 5.41) is 7.24. The van der Waals surface area contributed by atoms with E-state index < -0.39 is 0 Å². The second kappa shape index (κ2) is 8.77. The van der Waals surface area contributed by atoms with Crippen LogP contribution in [-0.2, 0) is 4.79 Å². The van der Waals surface area contributed by atoms with Crippen molar-refractivity contribution in [3.05, 3.63) is 16.3 Å². The van der Waals surface area contributed by atoms with E-state index in [-0.39, 0.29) is 12.5 Å². The van der Waals surface area contributed by atoms with Crippen LogP contribution in [0.4, 0.5) is 5.82 Å². The summed E-state index contributed by atoms with van der Waals surface area (Å²) in [5.74, 6) is 1.50. The van der Waals surface area contributed by atoms with Gasteiger partial charge >= 0.3 is 0 Å². The molecule has 0 radical (unpaired) electrons. The molecular formula is C19H29N5OS. The number of aromatic nitrogens is 2. The quantitative estimate of drug-likeness (QED) is 0.694. The molecule has 7 heteroatoms. The Morgan fingerprint density at radius 2 is 1.92 bits per heavy atom. The second-order valence-electron chi connectivity index (χ2n) is 7.04. The molecule has 0 bridgehead atoms. The number of aryl methyl sites for hydroxylation is 3. The largest absolute Gasteiger partial charge is 0.360 e. The lowest BCUT2D eigenvalue weighted by molar-refractivity contribution is -0.119. The van der Waals surface area contributed by atoms with Gasteiger partial charge in [0, 0.05) is 11.4 Å². The summed E-state index contributed by atoms with van der Waals surface area (Å²) in [6.45, 7) is 10.7. The Morgan fingerprint density at radius 3 is 2.69 bits per heavy atom. The molecule has 2 aromatic rings. The highest BCUT2D eigenvalue weighted by Crippen LogP contribution is 2.32. The molecule has 1 amide bonds. The Bertz CT molecular complexity index is 767. The van der Waals surface area contributed by atoms with Crippen molar-refractivity contribution in [1.29, 1.82) is 0 Å². The van der Waals surface area contributed by atoms with Gasteiger partial charge in [0.25, 0.3) is 0 Å². The summed E-state index contributed by atoms with van der Waals surface area (Å²) < 4.78 is 0. The summed E-state index contributed by atoms with van der Waals surface area (Å²) in [5.41, 5.74) is 1.19. The second-order valence-corrected chi connectivity index (χ2v) is 8.25. The predicted octanol–water partition coefficient (Wildman–Crippen LogP) is 3.02. The van der Waals surface area contributed by atoms with Crippen LogP contribution in [0.3, 0.4) is 0 Å². The Balaban J connectivity index is 1.45. The van der Waals surface area contributed by atoms with E-state index in [4.69, 9.17) is 0 Å². The summed E-state index contributed by atoms with van der Waals surface area (Å²) in [4.78, 5) is 25.9. The summed E-state index contributed by atoms with van der Waals surface area (Å²) in [7, 11) is 0. The van der Waals surface area contributed by atoms with E-state index in [0.717, 1.165) is 47.8 Å². The van der Waals surface area contributed by atoms with Crippen molar-refractivity contribution < 1.29 is 4.79 Å². The summed E-state index contributed by atoms with van der Waals surface area (Å²) in [6, 6.07) is 0. The number of nitrogens with one attached hydrogen (secondary N) is 2. The fourth-order valence-corrected chi connectivity index (χ4v) is 4.48. The van der Waals surface area contributed by atoms with Gasteiger partial charge in [-0.05, 0) is 71.7 Å². The Morgan fingerprint density at radius 1 is 1.15 bits per heavy atom. The standard InChI is InChI=1S/C19H29N5OS/c1-13-14(2)26-19-17(13)18(22-15(3)23-19)21-12-16(25)20-8-4-5-9-24-10-6-7-11-24/h4-12H2,1-3H3,(H,20,25)(H,21,22,23). The number of hydrogen-bond acceptors (Lipinski definition) is 6. The van der Waals surface area contributed by atoms with Crippen LogP contribution in [0, 0.1) is 20.8 Å². The zero-order chi connectivity index (χ0) is 18.5. The maximum Gasteiger partial charge on any atom is 0.239 e. The van der Waals surface area contributed by atoms with E-state index in [2.05, 4.69) is 39.3 Å². The monoisotopic (exact) mass is 375 g/mol. The molecule has 1 saturated heterocycles. The maximum absolute atomic E-state index is 12.1. The van der Waals surface area contributed by atoms with Gasteiger partial charge in [-0.15, -0.1) is 11.3 Å². The number of nitrogens with zero attached hydrogens (tertiary/aromatic N) is 3. The van der Waals surface area contributed by atoms with Crippen LogP contribution in [-0.4, -0.2) is 53.5 Å². The van der Waals surface area contributed by atoms with Gasteiger partial charge in [0.1, 0.15) is 16.5 Å². The third kappa shape index (κ3) is 4.71. The minimum Gasteiger partial charge on any atom is -0.360 e. The zero-order valence-electron chi connectivity index (χ0n) is 16.0. The van der Waals surface area contributed by atoms with Crippen LogP contribution < -0.4 is 10.6 Å². The van der Waals surface area contributed by atoms with Crippen molar-refractivity contribution in [2.75, 3.05) is 38.0 Å². The van der Waals surface area contributed by atoms with Gasteiger partial charge in [-0.3, -0.25) is 4.79 Å². The lowest BCUT2D eigenvalue weighted by atomic mass is 10.2. The van der Waals surface area contributed by atoms with Crippen molar-refractivity contribution >= 4 is 33.3 Å². The van der Waals surface area contributed by atoms with Crippen LogP contribution >= 0.6 is 11.3 Å². The number of thiophene rings is 1. The molecule has 0 aliphatic carbocycles. The van der Waals surface area contributed by atoms with Crippen molar-refractivity contribution in [2.24, 2.45) is 0 Å². The highest BCUT2D eigenvalue weighted by molar-refractivity contribution is 7.18. The first kappa shape index (κ1) is 19.0. The normalized spacial score (nSPS) is 14.9. The first-order chi connectivity index (χ1) is 12.5. The molecule has 26 heavy (non-hydrogen) atoms. The van der Waals surface area contributed by atoms with Crippen LogP contribution in [0.15, 0.2) is 0 Å². The zero-order valence-corrected chi connectivity index (χ0v) is 16.8. The van der Waals surface area contributed by atoms with Gasteiger partial charge < -0.3 is 15.5 Å². The van der Waals surface area contributed by atoms with Crippen LogP contribution in [0.1, 0.15) is 41.9 Å². The van der Waals surface area contributed by atoms with Crippen molar-refractivity contribution in [2.45, 2.75) is 46.5 Å². The van der Waals surface area contributed by atoms with Crippen molar-refractivity contribution in [3.8, 4) is 0 Å². The average molecular weight is 376 g/mol. The van der Waals surface area contributed by atoms with E-state index in [1.165, 1.54) is 36.4 Å². The van der Waals surface area contributed by atoms with Crippen LogP contribution in [0.5, 0.6) is 0 Å². The van der Waals surface area contributed by atoms with E-state index >= 15 is 0 Å². The number of amides is 1. The molecule has 1 fully saturated rings. The Labute approximate surface area is 159 Å². The topological polar surface area (TPSA) is 70.2 Å². The molecule has 2 N–H and O–H groups in total. The minimum atomic E-state index is 0.0141. The first-order valence-corrected chi connectivity index (χ1v) is 10.3. The lowest BCUT2D eigenvalue weighted by Crippen LogP contribution is -2.31. The fourth-order valence-electron chi connectivity index (χ4n) is 3.41. The van der Waals surface area contributed by atoms with Gasteiger partial charge in [-0.2, -0.15) is 0 Å². The molecule has 1 aliphatic heterocycles. The lowest BCUT2D eigenvalue weighted by Gasteiger charge is -2.14. The van der Waals surface area contributed by atoms with Gasteiger partial charge in [-0.25, -0.2) is 9.97 Å². The number of anilines is 1. The van der Waals surface area contributed by atoms with Gasteiger partial charge in [0.05, 0.1) is 11.9 Å². The predicted molar refractivity (Wildman–Crippen MR) is 108 cm³/mol. The van der Waals surface area contributed by atoms with Gasteiger partial charge in [0.2, 0.25) is 5.91 Å².